The molecule has 0 atom stereocenters. The summed E-state index contributed by atoms with van der Waals surface area (Å²) in [6, 6.07) is 14.1. The van der Waals surface area contributed by atoms with Crippen molar-refractivity contribution >= 4 is 35.1 Å². The maximum absolute atomic E-state index is 13.9. The van der Waals surface area contributed by atoms with Crippen LogP contribution in [-0.2, 0) is 4.79 Å². The highest BCUT2D eigenvalue weighted by Gasteiger charge is 2.39. The molecule has 1 saturated carbocycles. The molecule has 0 aromatic heterocycles. The summed E-state index contributed by atoms with van der Waals surface area (Å²) in [5.41, 5.74) is 3.82. The van der Waals surface area contributed by atoms with Crippen molar-refractivity contribution in [3.8, 4) is 0 Å². The van der Waals surface area contributed by atoms with Crippen LogP contribution in [0.15, 0.2) is 53.6 Å². The Bertz CT molecular complexity index is 1180. The number of benzene rings is 2. The smallest absolute Gasteiger partial charge is 0.324 e. The van der Waals surface area contributed by atoms with Gasteiger partial charge in [-0.2, -0.15) is 5.10 Å². The van der Waals surface area contributed by atoms with E-state index in [-0.39, 0.29) is 24.4 Å². The summed E-state index contributed by atoms with van der Waals surface area (Å²) >= 11 is 0. The second-order valence-corrected chi connectivity index (χ2v) is 9.91. The van der Waals surface area contributed by atoms with Crippen LogP contribution in [-0.4, -0.2) is 53.2 Å². The Morgan fingerprint density at radius 2 is 1.72 bits per heavy atom. The molecule has 3 aliphatic rings. The number of hydrazone groups is 1. The number of fused-ring (bicyclic) bond motifs is 1. The third-order valence-electron chi connectivity index (χ3n) is 7.22. The molecule has 0 spiro atoms. The first-order valence-electron chi connectivity index (χ1n) is 13.0. The number of anilines is 2. The van der Waals surface area contributed by atoms with Crippen LogP contribution in [0.4, 0.5) is 21.0 Å². The molecule has 0 bridgehead atoms. The molecule has 188 valence electrons. The van der Waals surface area contributed by atoms with Crippen LogP contribution in [0.2, 0.25) is 0 Å². The van der Waals surface area contributed by atoms with Crippen molar-refractivity contribution in [3.63, 3.8) is 0 Å². The number of hydrogen-bond acceptors (Lipinski definition) is 4. The first-order chi connectivity index (χ1) is 17.5. The van der Waals surface area contributed by atoms with Crippen molar-refractivity contribution < 1.29 is 14.4 Å². The number of nitrogens with one attached hydrogen (secondary N) is 1. The van der Waals surface area contributed by atoms with E-state index in [1.54, 1.807) is 4.90 Å². The average molecular weight is 488 g/mol. The van der Waals surface area contributed by atoms with Crippen molar-refractivity contribution in [2.45, 2.75) is 51.9 Å². The van der Waals surface area contributed by atoms with Gasteiger partial charge < -0.3 is 10.2 Å². The van der Waals surface area contributed by atoms with Crippen LogP contribution in [0.5, 0.6) is 0 Å². The molecule has 2 aromatic rings. The van der Waals surface area contributed by atoms with Gasteiger partial charge in [-0.05, 0) is 56.4 Å². The zero-order valence-electron chi connectivity index (χ0n) is 20.8. The molecule has 1 aliphatic carbocycles. The normalized spacial score (nSPS) is 18.5. The van der Waals surface area contributed by atoms with Crippen molar-refractivity contribution in [1.82, 2.24) is 9.91 Å². The second-order valence-electron chi connectivity index (χ2n) is 9.91. The molecule has 2 aliphatic heterocycles. The predicted octanol–water partition coefficient (Wildman–Crippen LogP) is 5.38. The number of carbonyl (C=O) groups is 3. The van der Waals surface area contributed by atoms with Gasteiger partial charge in [0.25, 0.3) is 0 Å². The first kappa shape index (κ1) is 24.0. The molecule has 5 rings (SSSR count). The number of para-hydroxylation sites is 1. The fraction of sp³-hybridized carbons (Fsp3) is 0.429. The third kappa shape index (κ3) is 4.98. The van der Waals surface area contributed by atoms with Gasteiger partial charge in [0.2, 0.25) is 5.91 Å². The molecule has 36 heavy (non-hydrogen) atoms. The number of urea groups is 2. The Morgan fingerprint density at radius 3 is 2.47 bits per heavy atom. The number of imide groups is 1. The van der Waals surface area contributed by atoms with E-state index in [4.69, 9.17) is 5.10 Å². The molecule has 5 amide bonds. The molecule has 2 fully saturated rings. The van der Waals surface area contributed by atoms with Gasteiger partial charge in [-0.15, -0.1) is 0 Å². The highest BCUT2D eigenvalue weighted by Crippen LogP contribution is 2.35. The largest absolute Gasteiger partial charge is 0.353 e. The van der Waals surface area contributed by atoms with Crippen LogP contribution >= 0.6 is 0 Å². The maximum Gasteiger partial charge on any atom is 0.353 e. The van der Waals surface area contributed by atoms with E-state index in [2.05, 4.69) is 5.32 Å². The summed E-state index contributed by atoms with van der Waals surface area (Å²) in [6.07, 6.45) is 7.18. The maximum atomic E-state index is 13.9. The number of aryl methyl sites for hydroxylation is 1. The molecular weight excluding hydrogens is 454 g/mol. The lowest BCUT2D eigenvalue weighted by atomic mass is 9.83. The Kier molecular flexibility index (Phi) is 7.02. The van der Waals surface area contributed by atoms with E-state index >= 15 is 0 Å². The molecule has 8 heteroatoms. The molecule has 1 N–H and O–H groups in total. The van der Waals surface area contributed by atoms with Gasteiger partial charge in [-0.3, -0.25) is 4.79 Å². The summed E-state index contributed by atoms with van der Waals surface area (Å²) in [7, 11) is 0. The Balaban J connectivity index is 1.51. The third-order valence-corrected chi connectivity index (χ3v) is 7.22. The van der Waals surface area contributed by atoms with Crippen LogP contribution < -0.4 is 10.2 Å². The van der Waals surface area contributed by atoms with Gasteiger partial charge in [0, 0.05) is 30.3 Å². The number of carbonyl (C=O) groups excluding carboxylic acids is 3. The molecule has 1 saturated heterocycles. The summed E-state index contributed by atoms with van der Waals surface area (Å²) in [6.45, 7) is 2.92. The van der Waals surface area contributed by atoms with Gasteiger partial charge >= 0.3 is 12.1 Å². The number of nitrogens with zero attached hydrogens (tertiary/aromatic N) is 4. The summed E-state index contributed by atoms with van der Waals surface area (Å²) in [5, 5.41) is 8.86. The van der Waals surface area contributed by atoms with E-state index in [1.165, 1.54) is 16.3 Å². The first-order valence-corrected chi connectivity index (χ1v) is 13.0. The number of rotatable bonds is 4. The monoisotopic (exact) mass is 487 g/mol. The van der Waals surface area contributed by atoms with Crippen molar-refractivity contribution in [2.24, 2.45) is 11.0 Å². The summed E-state index contributed by atoms with van der Waals surface area (Å²) < 4.78 is 0. The number of hydrogen-bond donors (Lipinski definition) is 1. The van der Waals surface area contributed by atoms with E-state index in [9.17, 15) is 14.4 Å². The zero-order chi connectivity index (χ0) is 25.1. The minimum absolute atomic E-state index is 0.178. The van der Waals surface area contributed by atoms with Crippen LogP contribution in [0.25, 0.3) is 0 Å². The SMILES string of the molecule is Cc1cccc(NC(=O)CN2N=C(C3CCCCC3)c3ccccc3N(C(=O)N3CCCC3)C2=O)c1. The molecule has 8 nitrogen and oxygen atoms in total. The van der Waals surface area contributed by atoms with E-state index in [0.717, 1.165) is 55.4 Å². The lowest BCUT2D eigenvalue weighted by Gasteiger charge is -2.28. The van der Waals surface area contributed by atoms with Crippen LogP contribution in [0.1, 0.15) is 56.1 Å². The van der Waals surface area contributed by atoms with Crippen molar-refractivity contribution in [2.75, 3.05) is 29.9 Å². The minimum Gasteiger partial charge on any atom is -0.324 e. The van der Waals surface area contributed by atoms with Crippen molar-refractivity contribution in [3.05, 3.63) is 59.7 Å². The zero-order valence-corrected chi connectivity index (χ0v) is 20.8. The lowest BCUT2D eigenvalue weighted by Crippen LogP contribution is -2.50. The van der Waals surface area contributed by atoms with E-state index in [0.29, 0.717) is 24.5 Å². The number of amides is 5. The highest BCUT2D eigenvalue weighted by molar-refractivity contribution is 6.20. The second kappa shape index (κ2) is 10.5. The summed E-state index contributed by atoms with van der Waals surface area (Å²) in [5.74, 6) is -0.183. The number of likely N-dealkylation sites (tertiary alicyclic amines) is 1. The topological polar surface area (TPSA) is 85.3 Å². The van der Waals surface area contributed by atoms with Gasteiger partial charge in [-0.1, -0.05) is 49.6 Å². The fourth-order valence-electron chi connectivity index (χ4n) is 5.41. The summed E-state index contributed by atoms with van der Waals surface area (Å²) in [4.78, 5) is 43.5. The Labute approximate surface area is 211 Å². The van der Waals surface area contributed by atoms with Gasteiger partial charge in [0.15, 0.2) is 0 Å². The van der Waals surface area contributed by atoms with Gasteiger partial charge in [0.05, 0.1) is 11.4 Å². The standard InChI is InChI=1S/C28H33N5O3/c1-20-10-9-13-22(18-20)29-25(34)19-32-28(36)33(27(35)31-16-7-8-17-31)24-15-6-5-14-23(24)26(30-32)21-11-3-2-4-12-21/h5-6,9-10,13-15,18,21H,2-4,7-8,11-12,16-17,19H2,1H3,(H,29,34). The van der Waals surface area contributed by atoms with Crippen molar-refractivity contribution in [1.29, 1.82) is 0 Å². The quantitative estimate of drug-likeness (QED) is 0.629. The van der Waals surface area contributed by atoms with Gasteiger partial charge in [0.1, 0.15) is 6.54 Å². The molecule has 2 heterocycles. The van der Waals surface area contributed by atoms with E-state index in [1.807, 2.05) is 55.5 Å². The Morgan fingerprint density at radius 1 is 0.972 bits per heavy atom. The van der Waals surface area contributed by atoms with Crippen LogP contribution in [0.3, 0.4) is 0 Å². The lowest BCUT2D eigenvalue weighted by molar-refractivity contribution is -0.116. The van der Waals surface area contributed by atoms with Crippen LogP contribution in [0, 0.1) is 12.8 Å². The molecular formula is C28H33N5O3. The molecule has 2 aromatic carbocycles. The van der Waals surface area contributed by atoms with E-state index < -0.39 is 6.03 Å². The fourth-order valence-corrected chi connectivity index (χ4v) is 5.41. The average Bonchev–Trinajstić information content (AvgIpc) is 3.39. The molecule has 0 unspecified atom stereocenters. The molecule has 0 radical (unpaired) electrons. The minimum atomic E-state index is -0.593. The Hall–Kier alpha value is -3.68. The highest BCUT2D eigenvalue weighted by atomic mass is 16.2. The van der Waals surface area contributed by atoms with Gasteiger partial charge in [-0.25, -0.2) is 19.5 Å². The predicted molar refractivity (Wildman–Crippen MR) is 140 cm³/mol.